The summed E-state index contributed by atoms with van der Waals surface area (Å²) in [6.07, 6.45) is 29.2. The maximum absolute atomic E-state index is 12.3. The van der Waals surface area contributed by atoms with Crippen LogP contribution in [-0.4, -0.2) is 52.3 Å². The number of ether oxygens (including phenoxy) is 2. The zero-order valence-corrected chi connectivity index (χ0v) is 29.9. The van der Waals surface area contributed by atoms with Gasteiger partial charge in [0, 0.05) is 12.8 Å². The first-order valence-corrected chi connectivity index (χ1v) is 19.3. The molecule has 0 radical (unpaired) electrons. The Balaban J connectivity index is 4.21. The number of unbranched alkanes of at least 4 members (excludes halogenated alkanes) is 11. The predicted molar refractivity (Wildman–Crippen MR) is 185 cm³/mol. The number of carbonyl (C=O) groups is 2. The molecule has 3 N–H and O–H groups in total. The molecule has 0 aliphatic rings. The van der Waals surface area contributed by atoms with Gasteiger partial charge in [0.1, 0.15) is 6.61 Å². The second-order valence-electron chi connectivity index (χ2n) is 12.3. The van der Waals surface area contributed by atoms with Gasteiger partial charge in [0.25, 0.3) is 0 Å². The van der Waals surface area contributed by atoms with E-state index in [1.54, 1.807) is 12.2 Å². The number of aliphatic hydroxyl groups is 1. The number of esters is 2. The van der Waals surface area contributed by atoms with Crippen molar-refractivity contribution in [2.75, 3.05) is 13.2 Å². The lowest BCUT2D eigenvalue weighted by Gasteiger charge is -2.18. The van der Waals surface area contributed by atoms with Crippen LogP contribution in [0.1, 0.15) is 149 Å². The Morgan fingerprint density at radius 3 is 2.09 bits per heavy atom. The van der Waals surface area contributed by atoms with Gasteiger partial charge in [-0.25, -0.2) is 4.57 Å². The summed E-state index contributed by atoms with van der Waals surface area (Å²) in [4.78, 5) is 42.6. The first kappa shape index (κ1) is 44.2. The van der Waals surface area contributed by atoms with Crippen molar-refractivity contribution in [3.8, 4) is 0 Å². The number of phosphoric ester groups is 1. The Hall–Kier alpha value is -1.77. The molecule has 268 valence electrons. The van der Waals surface area contributed by atoms with Gasteiger partial charge < -0.3 is 24.4 Å². The third-order valence-corrected chi connectivity index (χ3v) is 8.29. The number of aliphatic hydroxyl groups excluding tert-OH is 1. The quantitative estimate of drug-likeness (QED) is 0.0216. The van der Waals surface area contributed by atoms with Crippen molar-refractivity contribution in [2.24, 2.45) is 5.92 Å². The van der Waals surface area contributed by atoms with E-state index in [0.29, 0.717) is 19.3 Å². The fourth-order valence-electron chi connectivity index (χ4n) is 4.71. The molecule has 0 aromatic carbocycles. The molecular formula is C36H65O9P. The average Bonchev–Trinajstić information content (AvgIpc) is 3.01. The first-order valence-electron chi connectivity index (χ1n) is 17.8. The maximum atomic E-state index is 12.3. The topological polar surface area (TPSA) is 140 Å². The molecule has 0 aromatic rings. The molecule has 0 amide bonds. The van der Waals surface area contributed by atoms with Gasteiger partial charge in [0.05, 0.1) is 12.7 Å². The van der Waals surface area contributed by atoms with Crippen molar-refractivity contribution in [3.05, 3.63) is 36.5 Å². The number of rotatable bonds is 31. The Bertz CT molecular complexity index is 881. The van der Waals surface area contributed by atoms with Crippen LogP contribution in [0, 0.1) is 5.92 Å². The van der Waals surface area contributed by atoms with Gasteiger partial charge in [-0.15, -0.1) is 0 Å². The van der Waals surface area contributed by atoms with Gasteiger partial charge in [0.15, 0.2) is 6.10 Å². The second-order valence-corrected chi connectivity index (χ2v) is 13.5. The summed E-state index contributed by atoms with van der Waals surface area (Å²) in [6.45, 7) is 5.74. The van der Waals surface area contributed by atoms with E-state index in [1.807, 2.05) is 12.2 Å². The van der Waals surface area contributed by atoms with E-state index >= 15 is 0 Å². The van der Waals surface area contributed by atoms with Crippen LogP contribution in [-0.2, 0) is 28.2 Å². The standard InChI is InChI=1S/C36H65O9P/c1-4-6-7-8-9-10-11-12-13-14-15-19-22-26-33(37)27-24-29-35(38)43-30-34(31-44-46(40,41)42)45-36(39)28-23-20-17-16-18-21-25-32(3)5-2/h12-13,15,19,22,26,32-34,37H,4-11,14,16-18,20-21,23-25,27-31H2,1-3H3,(H2,40,41,42)/b13-12+,19-15+,26-22+/t32?,33?,34-/m1/s1. The largest absolute Gasteiger partial charge is 0.469 e. The molecule has 3 atom stereocenters. The van der Waals surface area contributed by atoms with Crippen LogP contribution in [0.3, 0.4) is 0 Å². The van der Waals surface area contributed by atoms with Gasteiger partial charge in [-0.2, -0.15) is 0 Å². The fraction of sp³-hybridized carbons (Fsp3) is 0.778. The number of phosphoric acid groups is 1. The highest BCUT2D eigenvalue weighted by atomic mass is 31.2. The van der Waals surface area contributed by atoms with Crippen LogP contribution in [0.25, 0.3) is 0 Å². The van der Waals surface area contributed by atoms with Crippen LogP contribution in [0.15, 0.2) is 36.5 Å². The van der Waals surface area contributed by atoms with Crippen LogP contribution >= 0.6 is 7.82 Å². The lowest BCUT2D eigenvalue weighted by Crippen LogP contribution is -2.29. The van der Waals surface area contributed by atoms with E-state index in [2.05, 4.69) is 37.4 Å². The molecular weight excluding hydrogens is 607 g/mol. The predicted octanol–water partition coefficient (Wildman–Crippen LogP) is 9.06. The lowest BCUT2D eigenvalue weighted by atomic mass is 10.00. The highest BCUT2D eigenvalue weighted by Gasteiger charge is 2.23. The van der Waals surface area contributed by atoms with E-state index in [4.69, 9.17) is 19.3 Å². The van der Waals surface area contributed by atoms with Crippen molar-refractivity contribution in [3.63, 3.8) is 0 Å². The molecule has 0 saturated carbocycles. The van der Waals surface area contributed by atoms with Crippen molar-refractivity contribution in [2.45, 2.75) is 161 Å². The molecule has 0 rings (SSSR count). The highest BCUT2D eigenvalue weighted by molar-refractivity contribution is 7.46. The molecule has 2 unspecified atom stereocenters. The minimum Gasteiger partial charge on any atom is -0.462 e. The summed E-state index contributed by atoms with van der Waals surface area (Å²) >= 11 is 0. The van der Waals surface area contributed by atoms with E-state index < -0.39 is 38.6 Å². The fourth-order valence-corrected chi connectivity index (χ4v) is 5.07. The van der Waals surface area contributed by atoms with Gasteiger partial charge in [-0.05, 0) is 44.4 Å². The van der Waals surface area contributed by atoms with Crippen molar-refractivity contribution in [1.82, 2.24) is 0 Å². The number of carbonyl (C=O) groups excluding carboxylic acids is 2. The molecule has 0 fully saturated rings. The monoisotopic (exact) mass is 672 g/mol. The summed E-state index contributed by atoms with van der Waals surface area (Å²) in [5, 5.41) is 10.1. The minimum absolute atomic E-state index is 0.0432. The summed E-state index contributed by atoms with van der Waals surface area (Å²) in [5.41, 5.74) is 0. The molecule has 0 heterocycles. The number of hydrogen-bond acceptors (Lipinski definition) is 7. The maximum Gasteiger partial charge on any atom is 0.469 e. The Labute approximate surface area is 279 Å². The summed E-state index contributed by atoms with van der Waals surface area (Å²) in [7, 11) is -4.79. The third-order valence-electron chi connectivity index (χ3n) is 7.81. The van der Waals surface area contributed by atoms with E-state index in [-0.39, 0.29) is 19.4 Å². The normalized spacial score (nSPS) is 14.3. The number of allylic oxidation sites excluding steroid dienone is 5. The first-order chi connectivity index (χ1) is 22.1. The molecule has 10 heteroatoms. The van der Waals surface area contributed by atoms with Gasteiger partial charge in [0.2, 0.25) is 0 Å². The lowest BCUT2D eigenvalue weighted by molar-refractivity contribution is -0.161. The zero-order chi connectivity index (χ0) is 34.3. The number of hydrogen-bond donors (Lipinski definition) is 3. The van der Waals surface area contributed by atoms with Crippen molar-refractivity contribution >= 4 is 19.8 Å². The summed E-state index contributed by atoms with van der Waals surface area (Å²) in [6, 6.07) is 0. The van der Waals surface area contributed by atoms with E-state index in [1.165, 1.54) is 64.2 Å². The molecule has 0 aliphatic heterocycles. The van der Waals surface area contributed by atoms with Crippen molar-refractivity contribution < 1.29 is 43.0 Å². The second kappa shape index (κ2) is 30.6. The summed E-state index contributed by atoms with van der Waals surface area (Å²) in [5.74, 6) is -0.323. The summed E-state index contributed by atoms with van der Waals surface area (Å²) < 4.78 is 26.1. The molecule has 0 aromatic heterocycles. The molecule has 0 saturated heterocycles. The zero-order valence-electron chi connectivity index (χ0n) is 29.0. The Morgan fingerprint density at radius 2 is 1.39 bits per heavy atom. The molecule has 0 spiro atoms. The van der Waals surface area contributed by atoms with Gasteiger partial charge in [-0.3, -0.25) is 14.1 Å². The van der Waals surface area contributed by atoms with Crippen LogP contribution in [0.4, 0.5) is 0 Å². The van der Waals surface area contributed by atoms with Crippen LogP contribution < -0.4 is 0 Å². The van der Waals surface area contributed by atoms with Crippen LogP contribution in [0.2, 0.25) is 0 Å². The van der Waals surface area contributed by atoms with Gasteiger partial charge in [-0.1, -0.05) is 134 Å². The van der Waals surface area contributed by atoms with E-state index in [0.717, 1.165) is 38.0 Å². The smallest absolute Gasteiger partial charge is 0.462 e. The highest BCUT2D eigenvalue weighted by Crippen LogP contribution is 2.36. The Kier molecular flexibility index (Phi) is 29.4. The molecule has 0 bridgehead atoms. The molecule has 9 nitrogen and oxygen atoms in total. The van der Waals surface area contributed by atoms with Crippen LogP contribution in [0.5, 0.6) is 0 Å². The Morgan fingerprint density at radius 1 is 0.739 bits per heavy atom. The minimum atomic E-state index is -4.79. The molecule has 46 heavy (non-hydrogen) atoms. The van der Waals surface area contributed by atoms with E-state index in [9.17, 15) is 19.3 Å². The average molecular weight is 673 g/mol. The van der Waals surface area contributed by atoms with Crippen molar-refractivity contribution in [1.29, 1.82) is 0 Å². The molecule has 0 aliphatic carbocycles. The third kappa shape index (κ3) is 32.2. The van der Waals surface area contributed by atoms with Gasteiger partial charge >= 0.3 is 19.8 Å². The SMILES string of the molecule is CCCCCCCC/C=C/C/C=C/C=C/C(O)CCCC(=O)OC[C@H](COP(=O)(O)O)OC(=O)CCCCCCCCC(C)CC.